The molecule has 0 atom stereocenters. The maximum atomic E-state index is 12.6. The summed E-state index contributed by atoms with van der Waals surface area (Å²) in [6.45, 7) is 1.90. The van der Waals surface area contributed by atoms with Crippen molar-refractivity contribution in [3.8, 4) is 0 Å². The fourth-order valence-corrected chi connectivity index (χ4v) is 3.75. The van der Waals surface area contributed by atoms with Crippen LogP contribution >= 0.6 is 22.9 Å². The lowest BCUT2D eigenvalue weighted by molar-refractivity contribution is 0.102. The molecule has 0 saturated carbocycles. The largest absolute Gasteiger partial charge is 0.320 e. The van der Waals surface area contributed by atoms with E-state index in [4.69, 9.17) is 11.6 Å². The van der Waals surface area contributed by atoms with Crippen molar-refractivity contribution in [1.29, 1.82) is 0 Å². The second kappa shape index (κ2) is 7.30. The predicted molar refractivity (Wildman–Crippen MR) is 109 cm³/mol. The SMILES string of the molecule is Cc1cccc(Cl)c1NC(=O)c1ccc2nc(Nc3cnccn3)sc2c1. The van der Waals surface area contributed by atoms with Crippen molar-refractivity contribution in [2.45, 2.75) is 6.92 Å². The van der Waals surface area contributed by atoms with E-state index in [1.54, 1.807) is 30.7 Å². The van der Waals surface area contributed by atoms with Crippen LogP contribution in [0.15, 0.2) is 55.0 Å². The summed E-state index contributed by atoms with van der Waals surface area (Å²) >= 11 is 7.63. The summed E-state index contributed by atoms with van der Waals surface area (Å²) < 4.78 is 0.893. The van der Waals surface area contributed by atoms with Crippen LogP contribution in [0.4, 0.5) is 16.6 Å². The van der Waals surface area contributed by atoms with Crippen LogP contribution < -0.4 is 10.6 Å². The first-order chi connectivity index (χ1) is 13.1. The molecule has 0 aliphatic rings. The maximum absolute atomic E-state index is 12.6. The zero-order chi connectivity index (χ0) is 18.8. The topological polar surface area (TPSA) is 79.8 Å². The number of para-hydroxylation sites is 1. The first-order valence-electron chi connectivity index (χ1n) is 8.10. The monoisotopic (exact) mass is 395 g/mol. The highest BCUT2D eigenvalue weighted by atomic mass is 35.5. The number of nitrogens with one attached hydrogen (secondary N) is 2. The third-order valence-corrected chi connectivity index (χ3v) is 5.16. The van der Waals surface area contributed by atoms with E-state index in [-0.39, 0.29) is 5.91 Å². The Hall–Kier alpha value is -3.03. The molecule has 0 bridgehead atoms. The van der Waals surface area contributed by atoms with Gasteiger partial charge in [-0.2, -0.15) is 0 Å². The Labute approximate surface area is 164 Å². The zero-order valence-corrected chi connectivity index (χ0v) is 15.8. The maximum Gasteiger partial charge on any atom is 0.255 e. The number of halogens is 1. The zero-order valence-electron chi connectivity index (χ0n) is 14.2. The quantitative estimate of drug-likeness (QED) is 0.505. The summed E-state index contributed by atoms with van der Waals surface area (Å²) in [5.41, 5.74) is 2.87. The Morgan fingerprint density at radius 3 is 2.85 bits per heavy atom. The molecule has 2 aromatic carbocycles. The molecule has 0 spiro atoms. The van der Waals surface area contributed by atoms with Crippen molar-refractivity contribution in [1.82, 2.24) is 15.0 Å². The molecule has 4 aromatic rings. The number of fused-ring (bicyclic) bond motifs is 1. The molecule has 134 valence electrons. The molecule has 2 heterocycles. The first kappa shape index (κ1) is 17.4. The van der Waals surface area contributed by atoms with Gasteiger partial charge >= 0.3 is 0 Å². The van der Waals surface area contributed by atoms with Crippen LogP contribution in [0.2, 0.25) is 5.02 Å². The highest BCUT2D eigenvalue weighted by molar-refractivity contribution is 7.22. The Balaban J connectivity index is 1.58. The van der Waals surface area contributed by atoms with E-state index in [2.05, 4.69) is 25.6 Å². The number of hydrogen-bond donors (Lipinski definition) is 2. The van der Waals surface area contributed by atoms with Gasteiger partial charge < -0.3 is 10.6 Å². The second-order valence-corrected chi connectivity index (χ2v) is 7.24. The first-order valence-corrected chi connectivity index (χ1v) is 9.30. The average molecular weight is 396 g/mol. The molecule has 0 unspecified atom stereocenters. The normalized spacial score (nSPS) is 10.7. The number of amides is 1. The number of thiazole rings is 1. The van der Waals surface area contributed by atoms with Crippen LogP contribution in [0, 0.1) is 6.92 Å². The number of rotatable bonds is 4. The van der Waals surface area contributed by atoms with Crippen LogP contribution in [-0.4, -0.2) is 20.9 Å². The highest BCUT2D eigenvalue weighted by Crippen LogP contribution is 2.30. The lowest BCUT2D eigenvalue weighted by Crippen LogP contribution is -2.13. The molecule has 0 aliphatic heterocycles. The summed E-state index contributed by atoms with van der Waals surface area (Å²) in [7, 11) is 0. The Morgan fingerprint density at radius 2 is 2.07 bits per heavy atom. The van der Waals surface area contributed by atoms with Gasteiger partial charge in [-0.1, -0.05) is 35.1 Å². The molecule has 1 amide bonds. The number of nitrogens with zero attached hydrogens (tertiary/aromatic N) is 3. The Morgan fingerprint density at radius 1 is 1.19 bits per heavy atom. The van der Waals surface area contributed by atoms with E-state index in [0.717, 1.165) is 15.8 Å². The number of hydrogen-bond acceptors (Lipinski definition) is 6. The van der Waals surface area contributed by atoms with Gasteiger partial charge in [0.15, 0.2) is 10.9 Å². The van der Waals surface area contributed by atoms with Gasteiger partial charge in [0.25, 0.3) is 5.91 Å². The van der Waals surface area contributed by atoms with Crippen molar-refractivity contribution in [3.63, 3.8) is 0 Å². The summed E-state index contributed by atoms with van der Waals surface area (Å²) in [6, 6.07) is 10.9. The summed E-state index contributed by atoms with van der Waals surface area (Å²) in [4.78, 5) is 25.3. The minimum absolute atomic E-state index is 0.218. The van der Waals surface area contributed by atoms with Crippen molar-refractivity contribution in [3.05, 3.63) is 71.1 Å². The van der Waals surface area contributed by atoms with Gasteiger partial charge in [0.1, 0.15) is 0 Å². The second-order valence-electron chi connectivity index (χ2n) is 5.80. The van der Waals surface area contributed by atoms with Gasteiger partial charge in [-0.25, -0.2) is 9.97 Å². The average Bonchev–Trinajstić information content (AvgIpc) is 3.07. The van der Waals surface area contributed by atoms with Crippen molar-refractivity contribution in [2.24, 2.45) is 0 Å². The van der Waals surface area contributed by atoms with Crippen LogP contribution in [0.3, 0.4) is 0 Å². The fraction of sp³-hybridized carbons (Fsp3) is 0.0526. The van der Waals surface area contributed by atoms with E-state index in [0.29, 0.717) is 27.2 Å². The predicted octanol–water partition coefficient (Wildman–Crippen LogP) is 5.04. The molecule has 0 fully saturated rings. The molecule has 6 nitrogen and oxygen atoms in total. The summed E-state index contributed by atoms with van der Waals surface area (Å²) in [5.74, 6) is 0.397. The van der Waals surface area contributed by atoms with Crippen LogP contribution in [-0.2, 0) is 0 Å². The van der Waals surface area contributed by atoms with E-state index >= 15 is 0 Å². The molecule has 0 radical (unpaired) electrons. The van der Waals surface area contributed by atoms with Crippen molar-refractivity contribution >= 4 is 55.7 Å². The minimum atomic E-state index is -0.218. The van der Waals surface area contributed by atoms with Crippen LogP contribution in [0.25, 0.3) is 10.2 Å². The Bertz CT molecular complexity index is 1110. The molecule has 0 saturated heterocycles. The number of aryl methyl sites for hydroxylation is 1. The molecule has 2 N–H and O–H groups in total. The third-order valence-electron chi connectivity index (χ3n) is 3.91. The number of anilines is 3. The number of carbonyl (C=O) groups is 1. The molecule has 2 aromatic heterocycles. The number of aromatic nitrogens is 3. The molecule has 8 heteroatoms. The van der Waals surface area contributed by atoms with Gasteiger partial charge in [0.05, 0.1) is 27.1 Å². The lowest BCUT2D eigenvalue weighted by Gasteiger charge is -2.10. The highest BCUT2D eigenvalue weighted by Gasteiger charge is 2.13. The van der Waals surface area contributed by atoms with E-state index in [1.807, 2.05) is 31.2 Å². The number of benzene rings is 2. The molecular weight excluding hydrogens is 382 g/mol. The standard InChI is InChI=1S/C19H14ClN5OS/c1-11-3-2-4-13(20)17(11)25-18(26)12-5-6-14-15(9-12)27-19(23-14)24-16-10-21-7-8-22-16/h2-10H,1H3,(H,25,26)(H,22,23,24). The fourth-order valence-electron chi connectivity index (χ4n) is 2.57. The van der Waals surface area contributed by atoms with Crippen LogP contribution in [0.5, 0.6) is 0 Å². The summed E-state index contributed by atoms with van der Waals surface area (Å²) in [5, 5.41) is 7.20. The Kier molecular flexibility index (Phi) is 4.70. The third kappa shape index (κ3) is 3.74. The van der Waals surface area contributed by atoms with E-state index in [9.17, 15) is 4.79 Å². The van der Waals surface area contributed by atoms with Crippen LogP contribution in [0.1, 0.15) is 15.9 Å². The van der Waals surface area contributed by atoms with E-state index in [1.165, 1.54) is 11.3 Å². The van der Waals surface area contributed by atoms with Gasteiger partial charge in [0.2, 0.25) is 0 Å². The van der Waals surface area contributed by atoms with Gasteiger partial charge in [-0.3, -0.25) is 9.78 Å². The molecular formula is C19H14ClN5OS. The molecule has 0 aliphatic carbocycles. The van der Waals surface area contributed by atoms with Gasteiger partial charge in [0, 0.05) is 18.0 Å². The summed E-state index contributed by atoms with van der Waals surface area (Å²) in [6.07, 6.45) is 4.83. The van der Waals surface area contributed by atoms with E-state index < -0.39 is 0 Å². The van der Waals surface area contributed by atoms with Crippen molar-refractivity contribution in [2.75, 3.05) is 10.6 Å². The molecule has 27 heavy (non-hydrogen) atoms. The lowest BCUT2D eigenvalue weighted by atomic mass is 10.1. The van der Waals surface area contributed by atoms with Crippen molar-refractivity contribution < 1.29 is 4.79 Å². The number of carbonyl (C=O) groups excluding carboxylic acids is 1. The van der Waals surface area contributed by atoms with Gasteiger partial charge in [-0.05, 0) is 36.8 Å². The minimum Gasteiger partial charge on any atom is -0.320 e. The molecule has 4 rings (SSSR count). The smallest absolute Gasteiger partial charge is 0.255 e. The van der Waals surface area contributed by atoms with Gasteiger partial charge in [-0.15, -0.1) is 0 Å².